The van der Waals surface area contributed by atoms with E-state index in [0.29, 0.717) is 16.8 Å². The van der Waals surface area contributed by atoms with Crippen LogP contribution < -0.4 is 0 Å². The summed E-state index contributed by atoms with van der Waals surface area (Å²) in [7, 11) is 2.04. The molecule has 0 aromatic rings. The lowest BCUT2D eigenvalue weighted by Crippen LogP contribution is -2.47. The topological polar surface area (TPSA) is 29.4 Å². The summed E-state index contributed by atoms with van der Waals surface area (Å²) in [6.07, 6.45) is 33.5. The Kier molecular flexibility index (Phi) is 18.6. The average molecular weight is 462 g/mol. The highest BCUT2D eigenvalue weighted by atomic mass is 16.2. The van der Waals surface area contributed by atoms with Crippen LogP contribution in [0.1, 0.15) is 162 Å². The molecular formula is C30H57N2O+. The molecule has 1 atom stereocenters. The Hall–Kier alpha value is -0.960. The monoisotopic (exact) mass is 461 g/mol. The van der Waals surface area contributed by atoms with E-state index in [9.17, 15) is 4.79 Å². The molecule has 1 aliphatic heterocycles. The number of hydrogen-bond donors (Lipinski definition) is 0. The smallest absolute Gasteiger partial charge is 0.230 e. The summed E-state index contributed by atoms with van der Waals surface area (Å²) >= 11 is 0. The molecule has 0 saturated carbocycles. The van der Waals surface area contributed by atoms with Crippen LogP contribution >= 0.6 is 0 Å². The van der Waals surface area contributed by atoms with E-state index in [1.165, 1.54) is 122 Å². The normalized spacial score (nSPS) is 17.6. The molecule has 3 heteroatoms. The second kappa shape index (κ2) is 20.4. The number of hydrogen-bond acceptors (Lipinski definition) is 2. The van der Waals surface area contributed by atoms with Crippen LogP contribution in [-0.4, -0.2) is 23.3 Å². The molecular weight excluding hydrogens is 404 g/mol. The fourth-order valence-corrected chi connectivity index (χ4v) is 4.93. The largest absolute Gasteiger partial charge is 0.324 e. The zero-order valence-corrected chi connectivity index (χ0v) is 22.7. The number of unbranched alkanes of at least 4 members (excludes halogenated alkanes) is 19. The van der Waals surface area contributed by atoms with Gasteiger partial charge in [0, 0.05) is 6.42 Å². The lowest BCUT2D eigenvalue weighted by atomic mass is 10.0. The van der Waals surface area contributed by atoms with Gasteiger partial charge in [0.1, 0.15) is 6.20 Å². The molecule has 0 aromatic carbocycles. The summed E-state index contributed by atoms with van der Waals surface area (Å²) in [5.74, 6) is 1.38. The van der Waals surface area contributed by atoms with E-state index in [0.717, 1.165) is 25.1 Å². The first-order chi connectivity index (χ1) is 16.1. The first-order valence-corrected chi connectivity index (χ1v) is 14.8. The molecule has 1 rings (SSSR count). The number of quaternary nitrogens is 1. The van der Waals surface area contributed by atoms with E-state index in [-0.39, 0.29) is 0 Å². The summed E-state index contributed by atoms with van der Waals surface area (Å²) in [6.45, 7) is 4.55. The van der Waals surface area contributed by atoms with E-state index in [1.54, 1.807) is 0 Å². The predicted molar refractivity (Wildman–Crippen MR) is 145 cm³/mol. The first-order valence-electron chi connectivity index (χ1n) is 14.8. The zero-order valence-electron chi connectivity index (χ0n) is 22.7. The van der Waals surface area contributed by atoms with Gasteiger partial charge in [0.25, 0.3) is 0 Å². The van der Waals surface area contributed by atoms with Gasteiger partial charge in [-0.1, -0.05) is 136 Å². The minimum atomic E-state index is 0.322. The van der Waals surface area contributed by atoms with Crippen LogP contribution in [0.25, 0.3) is 0 Å². The van der Waals surface area contributed by atoms with Crippen LogP contribution in [0, 0.1) is 0 Å². The number of rotatable bonds is 23. The van der Waals surface area contributed by atoms with Crippen molar-refractivity contribution < 1.29 is 9.28 Å². The van der Waals surface area contributed by atoms with Gasteiger partial charge in [-0.05, 0) is 12.8 Å². The molecule has 0 spiro atoms. The number of amidine groups is 1. The third-order valence-corrected chi connectivity index (χ3v) is 7.39. The summed E-state index contributed by atoms with van der Waals surface area (Å²) in [4.78, 5) is 17.5. The van der Waals surface area contributed by atoms with E-state index < -0.39 is 0 Å². The second-order valence-corrected chi connectivity index (χ2v) is 10.5. The third kappa shape index (κ3) is 14.1. The van der Waals surface area contributed by atoms with Crippen molar-refractivity contribution in [2.45, 2.75) is 162 Å². The van der Waals surface area contributed by atoms with Gasteiger partial charge >= 0.3 is 5.91 Å². The van der Waals surface area contributed by atoms with Crippen molar-refractivity contribution in [3.05, 3.63) is 12.4 Å². The summed E-state index contributed by atoms with van der Waals surface area (Å²) in [5.41, 5.74) is 0. The van der Waals surface area contributed by atoms with E-state index >= 15 is 0 Å². The van der Waals surface area contributed by atoms with Gasteiger partial charge in [-0.2, -0.15) is 4.48 Å². The van der Waals surface area contributed by atoms with Crippen LogP contribution in [0.2, 0.25) is 0 Å². The van der Waals surface area contributed by atoms with Crippen molar-refractivity contribution in [3.8, 4) is 0 Å². The van der Waals surface area contributed by atoms with Crippen molar-refractivity contribution in [1.29, 1.82) is 0 Å². The molecule has 3 nitrogen and oxygen atoms in total. The Labute approximate surface area is 207 Å². The molecule has 0 radical (unpaired) electrons. The van der Waals surface area contributed by atoms with Gasteiger partial charge < -0.3 is 0 Å². The Morgan fingerprint density at radius 1 is 0.636 bits per heavy atom. The zero-order chi connectivity index (χ0) is 24.0. The molecule has 1 aliphatic rings. The maximum Gasteiger partial charge on any atom is 0.324 e. The molecule has 192 valence electrons. The van der Waals surface area contributed by atoms with Crippen molar-refractivity contribution in [3.63, 3.8) is 0 Å². The van der Waals surface area contributed by atoms with Crippen LogP contribution in [0.15, 0.2) is 17.4 Å². The highest BCUT2D eigenvalue weighted by molar-refractivity contribution is 5.90. The lowest BCUT2D eigenvalue weighted by Gasteiger charge is -2.25. The van der Waals surface area contributed by atoms with Gasteiger partial charge in [0.05, 0.1) is 19.7 Å². The molecule has 0 N–H and O–H groups in total. The third-order valence-electron chi connectivity index (χ3n) is 7.39. The van der Waals surface area contributed by atoms with Gasteiger partial charge in [0.15, 0.2) is 0 Å². The maximum absolute atomic E-state index is 12.9. The molecule has 33 heavy (non-hydrogen) atoms. The fraction of sp³-hybridized carbons (Fsp3) is 0.867. The van der Waals surface area contributed by atoms with E-state index in [1.807, 2.05) is 19.4 Å². The van der Waals surface area contributed by atoms with Gasteiger partial charge in [0.2, 0.25) is 5.84 Å². The standard InChI is InChI=1S/C30H57N2O/c1-4-6-8-10-12-14-15-16-17-18-19-21-23-25-29-31-27-28-32(29,3)30(33)26-24-22-20-13-11-9-7-5-2/h27-28H,4-26H2,1-3H3/q+1. The highest BCUT2D eigenvalue weighted by Gasteiger charge is 2.37. The highest BCUT2D eigenvalue weighted by Crippen LogP contribution is 2.22. The number of carbonyl (C=O) groups is 1. The van der Waals surface area contributed by atoms with Crippen LogP contribution in [0.4, 0.5) is 0 Å². The molecule has 0 fully saturated rings. The van der Waals surface area contributed by atoms with Crippen LogP contribution in [-0.2, 0) is 4.79 Å². The number of aliphatic imine (C=N–C) groups is 1. The van der Waals surface area contributed by atoms with Crippen molar-refractivity contribution in [2.75, 3.05) is 7.05 Å². The van der Waals surface area contributed by atoms with Crippen molar-refractivity contribution in [2.24, 2.45) is 4.99 Å². The summed E-state index contributed by atoms with van der Waals surface area (Å²) < 4.78 is 0.328. The summed E-state index contributed by atoms with van der Waals surface area (Å²) in [6, 6.07) is 0. The van der Waals surface area contributed by atoms with Gasteiger partial charge in [-0.25, -0.2) is 9.79 Å². The Balaban J connectivity index is 2.04. The quantitative estimate of drug-likeness (QED) is 0.110. The molecule has 1 unspecified atom stereocenters. The minimum absolute atomic E-state index is 0.322. The average Bonchev–Trinajstić information content (AvgIpc) is 3.20. The van der Waals surface area contributed by atoms with Crippen LogP contribution in [0.3, 0.4) is 0 Å². The first kappa shape index (κ1) is 30.1. The van der Waals surface area contributed by atoms with Crippen LogP contribution in [0.5, 0.6) is 0 Å². The van der Waals surface area contributed by atoms with Crippen molar-refractivity contribution >= 4 is 11.7 Å². The van der Waals surface area contributed by atoms with E-state index in [2.05, 4.69) is 18.8 Å². The van der Waals surface area contributed by atoms with Gasteiger partial charge in [-0.3, -0.25) is 0 Å². The Bertz CT molecular complexity index is 539. The SMILES string of the molecule is CCCCCCCCCCCCCCCC1=NC=C[N+]1(C)C(=O)CCCCCCCCCC. The van der Waals surface area contributed by atoms with Gasteiger partial charge in [-0.15, -0.1) is 0 Å². The molecule has 0 aromatic heterocycles. The molecule has 0 saturated heterocycles. The molecule has 1 heterocycles. The van der Waals surface area contributed by atoms with Crippen molar-refractivity contribution in [1.82, 2.24) is 0 Å². The minimum Gasteiger partial charge on any atom is -0.230 e. The predicted octanol–water partition coefficient (Wildman–Crippen LogP) is 9.85. The Morgan fingerprint density at radius 2 is 1.03 bits per heavy atom. The second-order valence-electron chi connectivity index (χ2n) is 10.5. The molecule has 0 aliphatic carbocycles. The Morgan fingerprint density at radius 3 is 1.48 bits per heavy atom. The summed E-state index contributed by atoms with van der Waals surface area (Å²) in [5, 5.41) is 0. The molecule has 1 amide bonds. The number of nitrogens with zero attached hydrogens (tertiary/aromatic N) is 2. The van der Waals surface area contributed by atoms with E-state index in [4.69, 9.17) is 0 Å². The number of amides is 1. The number of carbonyl (C=O) groups excluding carboxylic acids is 1. The molecule has 0 bridgehead atoms. The maximum atomic E-state index is 12.9. The lowest BCUT2D eigenvalue weighted by molar-refractivity contribution is -0.683. The fourth-order valence-electron chi connectivity index (χ4n) is 4.93.